The van der Waals surface area contributed by atoms with Gasteiger partial charge in [0.1, 0.15) is 0 Å². The molecule has 0 atom stereocenters. The summed E-state index contributed by atoms with van der Waals surface area (Å²) in [4.78, 5) is 14.4. The van der Waals surface area contributed by atoms with Gasteiger partial charge in [-0.25, -0.2) is 0 Å². The summed E-state index contributed by atoms with van der Waals surface area (Å²) in [7, 11) is 1.65. The minimum atomic E-state index is 0.117. The van der Waals surface area contributed by atoms with Crippen LogP contribution in [-0.4, -0.2) is 44.1 Å². The second-order valence-corrected chi connectivity index (χ2v) is 4.49. The monoisotopic (exact) mass is 248 g/mol. The predicted molar refractivity (Wildman–Crippen MR) is 70.5 cm³/mol. The van der Waals surface area contributed by atoms with Gasteiger partial charge in [0.05, 0.1) is 6.61 Å². The highest BCUT2D eigenvalue weighted by Gasteiger charge is 2.19. The zero-order chi connectivity index (χ0) is 12.8. The second-order valence-electron chi connectivity index (χ2n) is 4.49. The molecule has 1 N–H and O–H groups in total. The van der Waals surface area contributed by atoms with Crippen molar-refractivity contribution in [2.75, 3.05) is 33.3 Å². The Morgan fingerprint density at radius 1 is 1.33 bits per heavy atom. The van der Waals surface area contributed by atoms with Crippen molar-refractivity contribution in [3.8, 4) is 0 Å². The number of nitrogens with one attached hydrogen (secondary N) is 1. The van der Waals surface area contributed by atoms with E-state index in [-0.39, 0.29) is 5.91 Å². The summed E-state index contributed by atoms with van der Waals surface area (Å²) in [6.07, 6.45) is 1.01. The lowest BCUT2D eigenvalue weighted by molar-refractivity contribution is 0.0761. The van der Waals surface area contributed by atoms with Crippen LogP contribution in [0.3, 0.4) is 0 Å². The zero-order valence-corrected chi connectivity index (χ0v) is 10.8. The molecule has 0 aliphatic carbocycles. The Morgan fingerprint density at radius 2 is 2.17 bits per heavy atom. The van der Waals surface area contributed by atoms with Gasteiger partial charge in [-0.15, -0.1) is 0 Å². The molecule has 1 aromatic carbocycles. The third-order valence-corrected chi connectivity index (χ3v) is 3.17. The molecule has 4 nitrogen and oxygen atoms in total. The molecule has 18 heavy (non-hydrogen) atoms. The molecule has 1 amide bonds. The quantitative estimate of drug-likeness (QED) is 0.876. The first-order valence-electron chi connectivity index (χ1n) is 6.40. The molecule has 1 heterocycles. The van der Waals surface area contributed by atoms with Gasteiger partial charge in [-0.2, -0.15) is 0 Å². The second kappa shape index (κ2) is 6.52. The molecule has 2 rings (SSSR count). The maximum absolute atomic E-state index is 12.5. The van der Waals surface area contributed by atoms with Crippen LogP contribution in [-0.2, 0) is 11.3 Å². The van der Waals surface area contributed by atoms with Gasteiger partial charge in [0.15, 0.2) is 0 Å². The zero-order valence-electron chi connectivity index (χ0n) is 10.8. The van der Waals surface area contributed by atoms with Crippen LogP contribution >= 0.6 is 0 Å². The maximum atomic E-state index is 12.5. The molecule has 0 spiro atoms. The van der Waals surface area contributed by atoms with Crippen molar-refractivity contribution in [3.63, 3.8) is 0 Å². The number of carbonyl (C=O) groups is 1. The fraction of sp³-hybridized carbons (Fsp3) is 0.500. The summed E-state index contributed by atoms with van der Waals surface area (Å²) in [5.41, 5.74) is 1.73. The summed E-state index contributed by atoms with van der Waals surface area (Å²) in [6, 6.07) is 7.68. The minimum Gasteiger partial charge on any atom is -0.380 e. The summed E-state index contributed by atoms with van der Waals surface area (Å²) >= 11 is 0. The Morgan fingerprint density at radius 3 is 3.00 bits per heavy atom. The van der Waals surface area contributed by atoms with Crippen LogP contribution in [0.4, 0.5) is 0 Å². The lowest BCUT2D eigenvalue weighted by Crippen LogP contribution is -2.34. The third kappa shape index (κ3) is 3.09. The number of carbonyl (C=O) groups excluding carboxylic acids is 1. The molecule has 0 radical (unpaired) electrons. The van der Waals surface area contributed by atoms with Gasteiger partial charge in [-0.05, 0) is 24.6 Å². The molecule has 1 saturated heterocycles. The molecule has 0 bridgehead atoms. The van der Waals surface area contributed by atoms with Gasteiger partial charge in [0.2, 0.25) is 0 Å². The highest BCUT2D eigenvalue weighted by Crippen LogP contribution is 2.13. The minimum absolute atomic E-state index is 0.117. The van der Waals surface area contributed by atoms with Crippen LogP contribution < -0.4 is 5.32 Å². The Bertz CT molecular complexity index is 399. The smallest absolute Gasteiger partial charge is 0.254 e. The number of amides is 1. The largest absolute Gasteiger partial charge is 0.380 e. The van der Waals surface area contributed by atoms with Gasteiger partial charge in [0.25, 0.3) is 5.91 Å². The van der Waals surface area contributed by atoms with Crippen molar-refractivity contribution in [1.82, 2.24) is 10.2 Å². The highest BCUT2D eigenvalue weighted by atomic mass is 16.5. The van der Waals surface area contributed by atoms with E-state index in [2.05, 4.69) is 5.32 Å². The van der Waals surface area contributed by atoms with Gasteiger partial charge in [0, 0.05) is 32.3 Å². The van der Waals surface area contributed by atoms with E-state index in [1.54, 1.807) is 7.11 Å². The Balaban J connectivity index is 2.16. The number of hydrogen-bond acceptors (Lipinski definition) is 3. The van der Waals surface area contributed by atoms with E-state index in [1.807, 2.05) is 29.2 Å². The topological polar surface area (TPSA) is 41.6 Å². The van der Waals surface area contributed by atoms with Crippen LogP contribution in [0.15, 0.2) is 24.3 Å². The summed E-state index contributed by atoms with van der Waals surface area (Å²) in [5.74, 6) is 0.117. The first-order valence-corrected chi connectivity index (χ1v) is 6.40. The Labute approximate surface area is 108 Å². The molecule has 0 saturated carbocycles. The van der Waals surface area contributed by atoms with Crippen LogP contribution in [0.2, 0.25) is 0 Å². The van der Waals surface area contributed by atoms with Crippen molar-refractivity contribution in [2.24, 2.45) is 0 Å². The van der Waals surface area contributed by atoms with E-state index < -0.39 is 0 Å². The molecule has 1 aliphatic rings. The third-order valence-electron chi connectivity index (χ3n) is 3.17. The lowest BCUT2D eigenvalue weighted by atomic mass is 10.1. The van der Waals surface area contributed by atoms with Crippen molar-refractivity contribution in [2.45, 2.75) is 13.0 Å². The molecule has 98 valence electrons. The number of ether oxygens (including phenoxy) is 1. The van der Waals surface area contributed by atoms with Crippen molar-refractivity contribution < 1.29 is 9.53 Å². The average molecular weight is 248 g/mol. The van der Waals surface area contributed by atoms with Crippen LogP contribution in [0.5, 0.6) is 0 Å². The van der Waals surface area contributed by atoms with Crippen molar-refractivity contribution >= 4 is 5.91 Å². The number of rotatable bonds is 3. The number of nitrogens with zero attached hydrogens (tertiary/aromatic N) is 1. The van der Waals surface area contributed by atoms with E-state index in [9.17, 15) is 4.79 Å². The molecule has 1 aliphatic heterocycles. The molecule has 1 aromatic rings. The van der Waals surface area contributed by atoms with E-state index in [0.29, 0.717) is 6.61 Å². The molecule has 0 aromatic heterocycles. The van der Waals surface area contributed by atoms with E-state index >= 15 is 0 Å². The van der Waals surface area contributed by atoms with E-state index in [0.717, 1.165) is 43.7 Å². The number of hydrogen-bond donors (Lipinski definition) is 1. The van der Waals surface area contributed by atoms with Crippen LogP contribution in [0.1, 0.15) is 22.3 Å². The Hall–Kier alpha value is -1.39. The molecule has 1 fully saturated rings. The number of methoxy groups -OCH3 is 1. The first kappa shape index (κ1) is 13.1. The standard InChI is InChI=1S/C14H20N2O2/c1-18-11-12-5-2-3-6-13(12)14(17)16-9-4-7-15-8-10-16/h2-3,5-6,15H,4,7-11H2,1H3. The van der Waals surface area contributed by atoms with Crippen molar-refractivity contribution in [3.05, 3.63) is 35.4 Å². The maximum Gasteiger partial charge on any atom is 0.254 e. The highest BCUT2D eigenvalue weighted by molar-refractivity contribution is 5.95. The average Bonchev–Trinajstić information content (AvgIpc) is 2.68. The van der Waals surface area contributed by atoms with E-state index in [4.69, 9.17) is 4.74 Å². The lowest BCUT2D eigenvalue weighted by Gasteiger charge is -2.21. The molecule has 4 heteroatoms. The predicted octanol–water partition coefficient (Wildman–Crippen LogP) is 1.27. The van der Waals surface area contributed by atoms with Crippen molar-refractivity contribution in [1.29, 1.82) is 0 Å². The summed E-state index contributed by atoms with van der Waals surface area (Å²) in [5, 5.41) is 3.30. The van der Waals surface area contributed by atoms with E-state index in [1.165, 1.54) is 0 Å². The summed E-state index contributed by atoms with van der Waals surface area (Å²) < 4.78 is 5.15. The van der Waals surface area contributed by atoms with Gasteiger partial charge < -0.3 is 15.0 Å². The molecule has 0 unspecified atom stereocenters. The first-order chi connectivity index (χ1) is 8.83. The summed E-state index contributed by atoms with van der Waals surface area (Å²) in [6.45, 7) is 3.95. The van der Waals surface area contributed by atoms with Gasteiger partial charge in [-0.3, -0.25) is 4.79 Å². The number of benzene rings is 1. The fourth-order valence-corrected chi connectivity index (χ4v) is 2.23. The molecular weight excluding hydrogens is 228 g/mol. The fourth-order valence-electron chi connectivity index (χ4n) is 2.23. The van der Waals surface area contributed by atoms with Crippen LogP contribution in [0, 0.1) is 0 Å². The van der Waals surface area contributed by atoms with Crippen LogP contribution in [0.25, 0.3) is 0 Å². The Kier molecular flexibility index (Phi) is 4.73. The van der Waals surface area contributed by atoms with Gasteiger partial charge in [-0.1, -0.05) is 18.2 Å². The molecular formula is C14H20N2O2. The van der Waals surface area contributed by atoms with Gasteiger partial charge >= 0.3 is 0 Å². The normalized spacial score (nSPS) is 16.4. The SMILES string of the molecule is COCc1ccccc1C(=O)N1CCCNCC1.